The van der Waals surface area contributed by atoms with Crippen molar-refractivity contribution in [1.82, 2.24) is 15.5 Å². The molecule has 1 atom stereocenters. The van der Waals surface area contributed by atoms with E-state index in [1.54, 1.807) is 0 Å². The number of hydrogen-bond donors (Lipinski definition) is 4. The fourth-order valence-electron chi connectivity index (χ4n) is 1.96. The van der Waals surface area contributed by atoms with Gasteiger partial charge < -0.3 is 15.7 Å². The summed E-state index contributed by atoms with van der Waals surface area (Å²) in [5.74, 6) is 0. The van der Waals surface area contributed by atoms with E-state index in [1.165, 1.54) is 35.6 Å². The highest BCUT2D eigenvalue weighted by Crippen LogP contribution is 2.21. The zero-order valence-corrected chi connectivity index (χ0v) is 16.0. The highest BCUT2D eigenvalue weighted by Gasteiger charge is 2.17. The Bertz CT molecular complexity index is 832. The first-order valence-corrected chi connectivity index (χ1v) is 10.3. The lowest BCUT2D eigenvalue weighted by Gasteiger charge is -2.14. The van der Waals surface area contributed by atoms with Crippen LogP contribution in [0.5, 0.6) is 0 Å². The summed E-state index contributed by atoms with van der Waals surface area (Å²) in [5.41, 5.74) is 0.429. The average Bonchev–Trinajstić information content (AvgIpc) is 3.07. The second kappa shape index (κ2) is 8.92. The number of rotatable bonds is 8. The molecule has 26 heavy (non-hydrogen) atoms. The van der Waals surface area contributed by atoms with Crippen molar-refractivity contribution in [2.45, 2.75) is 37.6 Å². The molecule has 0 spiro atoms. The van der Waals surface area contributed by atoms with Gasteiger partial charge in [-0.3, -0.25) is 4.72 Å². The molecule has 0 aliphatic heterocycles. The average molecular weight is 399 g/mol. The Morgan fingerprint density at radius 3 is 2.46 bits per heavy atom. The molecule has 0 aliphatic rings. The van der Waals surface area contributed by atoms with Crippen molar-refractivity contribution in [1.29, 1.82) is 0 Å². The predicted octanol–water partition coefficient (Wildman–Crippen LogP) is 1.79. The van der Waals surface area contributed by atoms with E-state index in [0.717, 1.165) is 5.01 Å². The molecule has 9 nitrogen and oxygen atoms in total. The molecule has 0 fully saturated rings. The van der Waals surface area contributed by atoms with Gasteiger partial charge in [0.2, 0.25) is 5.13 Å². The van der Waals surface area contributed by atoms with E-state index in [4.69, 9.17) is 5.11 Å². The SMILES string of the molecule is CCc1nnc(NS(=O)(=O)c2ccc(NC(=O)N[C@H](CC)CO)cc2)s1. The number of amides is 2. The lowest BCUT2D eigenvalue weighted by Crippen LogP contribution is -2.39. The van der Waals surface area contributed by atoms with Gasteiger partial charge in [-0.25, -0.2) is 13.2 Å². The fourth-order valence-corrected chi connectivity index (χ4v) is 3.87. The van der Waals surface area contributed by atoms with Crippen LogP contribution in [0.2, 0.25) is 0 Å². The van der Waals surface area contributed by atoms with E-state index in [9.17, 15) is 13.2 Å². The number of aliphatic hydroxyl groups excluding tert-OH is 1. The largest absolute Gasteiger partial charge is 0.394 e. The Morgan fingerprint density at radius 2 is 1.92 bits per heavy atom. The molecule has 0 unspecified atom stereocenters. The minimum atomic E-state index is -3.78. The van der Waals surface area contributed by atoms with Crippen molar-refractivity contribution in [3.8, 4) is 0 Å². The number of hydrogen-bond acceptors (Lipinski definition) is 7. The van der Waals surface area contributed by atoms with E-state index in [2.05, 4.69) is 25.6 Å². The number of nitrogens with one attached hydrogen (secondary N) is 3. The van der Waals surface area contributed by atoms with E-state index < -0.39 is 16.1 Å². The molecule has 1 aromatic heterocycles. The molecule has 1 aromatic carbocycles. The summed E-state index contributed by atoms with van der Waals surface area (Å²) in [6.45, 7) is 3.59. The number of sulfonamides is 1. The van der Waals surface area contributed by atoms with Crippen LogP contribution in [-0.4, -0.2) is 42.4 Å². The lowest BCUT2D eigenvalue weighted by molar-refractivity contribution is 0.222. The van der Waals surface area contributed by atoms with Gasteiger partial charge in [0, 0.05) is 5.69 Å². The van der Waals surface area contributed by atoms with Gasteiger partial charge in [-0.05, 0) is 37.1 Å². The van der Waals surface area contributed by atoms with Crippen LogP contribution in [0.4, 0.5) is 15.6 Å². The third-order valence-corrected chi connectivity index (χ3v) is 5.93. The number of nitrogens with zero attached hydrogens (tertiary/aromatic N) is 2. The van der Waals surface area contributed by atoms with Gasteiger partial charge in [-0.15, -0.1) is 10.2 Å². The van der Waals surface area contributed by atoms with Crippen molar-refractivity contribution in [2.75, 3.05) is 16.6 Å². The molecule has 0 saturated heterocycles. The zero-order valence-electron chi connectivity index (χ0n) is 14.4. The van der Waals surface area contributed by atoms with Crippen molar-refractivity contribution in [2.24, 2.45) is 0 Å². The maximum Gasteiger partial charge on any atom is 0.319 e. The van der Waals surface area contributed by atoms with Gasteiger partial charge in [0.25, 0.3) is 10.0 Å². The van der Waals surface area contributed by atoms with Crippen LogP contribution in [0.1, 0.15) is 25.3 Å². The van der Waals surface area contributed by atoms with Crippen LogP contribution in [0.15, 0.2) is 29.2 Å². The summed E-state index contributed by atoms with van der Waals surface area (Å²) < 4.78 is 27.1. The van der Waals surface area contributed by atoms with E-state index in [1.807, 2.05) is 13.8 Å². The van der Waals surface area contributed by atoms with Gasteiger partial charge in [0.05, 0.1) is 17.5 Å². The summed E-state index contributed by atoms with van der Waals surface area (Å²) in [4.78, 5) is 11.9. The van der Waals surface area contributed by atoms with E-state index in [-0.39, 0.29) is 22.7 Å². The quantitative estimate of drug-likeness (QED) is 0.535. The fraction of sp³-hybridized carbons (Fsp3) is 0.400. The summed E-state index contributed by atoms with van der Waals surface area (Å²) in [6.07, 6.45) is 1.27. The molecule has 0 aliphatic carbocycles. The number of aryl methyl sites for hydroxylation is 1. The van der Waals surface area contributed by atoms with Crippen molar-refractivity contribution in [3.63, 3.8) is 0 Å². The van der Waals surface area contributed by atoms with Gasteiger partial charge >= 0.3 is 6.03 Å². The molecule has 0 saturated carbocycles. The Morgan fingerprint density at radius 1 is 1.23 bits per heavy atom. The lowest BCUT2D eigenvalue weighted by atomic mass is 10.2. The molecule has 2 amide bonds. The smallest absolute Gasteiger partial charge is 0.319 e. The first-order chi connectivity index (χ1) is 12.4. The van der Waals surface area contributed by atoms with Crippen LogP contribution >= 0.6 is 11.3 Å². The van der Waals surface area contributed by atoms with Crippen LogP contribution in [-0.2, 0) is 16.4 Å². The zero-order chi connectivity index (χ0) is 19.2. The van der Waals surface area contributed by atoms with E-state index >= 15 is 0 Å². The highest BCUT2D eigenvalue weighted by molar-refractivity contribution is 7.93. The third kappa shape index (κ3) is 5.38. The standard InChI is InChI=1S/C15H21N5O4S2/c1-3-10(9-21)16-14(22)17-11-5-7-12(8-6-11)26(23,24)20-15-19-18-13(4-2)25-15/h5-8,10,21H,3-4,9H2,1-2H3,(H,19,20)(H2,16,17,22)/t10-/m1/s1. The molecular weight excluding hydrogens is 378 g/mol. The summed E-state index contributed by atoms with van der Waals surface area (Å²) in [7, 11) is -3.78. The number of anilines is 2. The van der Waals surface area contributed by atoms with E-state index in [0.29, 0.717) is 18.5 Å². The molecule has 2 aromatic rings. The number of benzene rings is 1. The van der Waals surface area contributed by atoms with Gasteiger partial charge in [0.1, 0.15) is 5.01 Å². The summed E-state index contributed by atoms with van der Waals surface area (Å²) in [5, 5.41) is 22.9. The minimum absolute atomic E-state index is 0.0403. The molecule has 1 heterocycles. The first kappa shape index (κ1) is 20.1. The molecule has 4 N–H and O–H groups in total. The highest BCUT2D eigenvalue weighted by atomic mass is 32.2. The Kier molecular flexibility index (Phi) is 6.89. The van der Waals surface area contributed by atoms with Gasteiger partial charge in [-0.2, -0.15) is 0 Å². The number of carbonyl (C=O) groups is 1. The second-order valence-corrected chi connectivity index (χ2v) is 8.12. The molecular formula is C15H21N5O4S2. The molecule has 2 rings (SSSR count). The summed E-state index contributed by atoms with van der Waals surface area (Å²) >= 11 is 1.18. The topological polar surface area (TPSA) is 133 Å². The maximum absolute atomic E-state index is 12.4. The van der Waals surface area contributed by atoms with Crippen molar-refractivity contribution >= 4 is 38.2 Å². The van der Waals surface area contributed by atoms with Crippen LogP contribution in [0, 0.1) is 0 Å². The second-order valence-electron chi connectivity index (χ2n) is 5.37. The Labute approximate surface area is 155 Å². The van der Waals surface area contributed by atoms with Crippen LogP contribution in [0.3, 0.4) is 0 Å². The van der Waals surface area contributed by atoms with Crippen LogP contribution < -0.4 is 15.4 Å². The molecule has 0 bridgehead atoms. The third-order valence-electron chi connectivity index (χ3n) is 3.46. The van der Waals surface area contributed by atoms with Crippen molar-refractivity contribution in [3.05, 3.63) is 29.3 Å². The molecule has 142 valence electrons. The molecule has 0 radical (unpaired) electrons. The Balaban J connectivity index is 2.02. The molecule has 11 heteroatoms. The number of aliphatic hydroxyl groups is 1. The van der Waals surface area contributed by atoms with Gasteiger partial charge in [-0.1, -0.05) is 25.2 Å². The number of aromatic nitrogens is 2. The first-order valence-electron chi connectivity index (χ1n) is 8.01. The normalized spacial score (nSPS) is 12.4. The maximum atomic E-state index is 12.4. The number of urea groups is 1. The Hall–Kier alpha value is -2.24. The van der Waals surface area contributed by atoms with Crippen molar-refractivity contribution < 1.29 is 18.3 Å². The van der Waals surface area contributed by atoms with Crippen LogP contribution in [0.25, 0.3) is 0 Å². The van der Waals surface area contributed by atoms with Gasteiger partial charge in [0.15, 0.2) is 0 Å². The summed E-state index contributed by atoms with van der Waals surface area (Å²) in [6, 6.07) is 4.91. The minimum Gasteiger partial charge on any atom is -0.394 e. The number of carbonyl (C=O) groups excluding carboxylic acids is 1. The predicted molar refractivity (Wildman–Crippen MR) is 99.9 cm³/mol. The monoisotopic (exact) mass is 399 g/mol.